The summed E-state index contributed by atoms with van der Waals surface area (Å²) >= 11 is 0. The van der Waals surface area contributed by atoms with Gasteiger partial charge in [0.25, 0.3) is 5.91 Å². The number of benzene rings is 2. The number of rotatable bonds is 6. The van der Waals surface area contributed by atoms with Crippen LogP contribution in [-0.4, -0.2) is 56.5 Å². The van der Waals surface area contributed by atoms with E-state index in [2.05, 4.69) is 15.7 Å². The molecule has 3 N–H and O–H groups in total. The topological polar surface area (TPSA) is 135 Å². The van der Waals surface area contributed by atoms with E-state index < -0.39 is 5.97 Å². The number of hydrogen-bond acceptors (Lipinski definition) is 7. The van der Waals surface area contributed by atoms with Gasteiger partial charge in [-0.3, -0.25) is 9.59 Å². The first-order valence-corrected chi connectivity index (χ1v) is 10.6. The average molecular weight is 466 g/mol. The van der Waals surface area contributed by atoms with Gasteiger partial charge in [0.05, 0.1) is 24.4 Å². The number of carboxylic acid groups (broad SMARTS) is 1. The zero-order valence-corrected chi connectivity index (χ0v) is 19.4. The standard InChI is InChI=1S/C24H27N5O5/c1-15-12-28(13-20(30)25-24(2,3)4)14-21(31)29(15)27-26-19-10-6-9-18(22(19)32)16-7-5-8-17(11-16)23(33)34/h5-12,32H,13-14H2,1-4H3,(H,25,30)(H,33,34). The molecule has 2 aromatic rings. The lowest BCUT2D eigenvalue weighted by Crippen LogP contribution is -2.48. The number of carboxylic acids is 1. The molecule has 34 heavy (non-hydrogen) atoms. The number of amides is 2. The molecule has 0 aromatic heterocycles. The maximum absolute atomic E-state index is 12.6. The monoisotopic (exact) mass is 465 g/mol. The Bertz CT molecular complexity index is 1180. The van der Waals surface area contributed by atoms with Crippen LogP contribution < -0.4 is 5.32 Å². The molecule has 3 rings (SSSR count). The summed E-state index contributed by atoms with van der Waals surface area (Å²) in [7, 11) is 0. The van der Waals surface area contributed by atoms with Crippen molar-refractivity contribution in [3.8, 4) is 16.9 Å². The summed E-state index contributed by atoms with van der Waals surface area (Å²) in [6.45, 7) is 7.28. The van der Waals surface area contributed by atoms with Gasteiger partial charge in [0.2, 0.25) is 5.91 Å². The van der Waals surface area contributed by atoms with Crippen molar-refractivity contribution in [2.75, 3.05) is 13.1 Å². The molecule has 0 saturated heterocycles. The molecule has 0 atom stereocenters. The van der Waals surface area contributed by atoms with Gasteiger partial charge < -0.3 is 20.4 Å². The number of nitrogens with zero attached hydrogens (tertiary/aromatic N) is 4. The van der Waals surface area contributed by atoms with Crippen LogP contribution in [0.1, 0.15) is 38.1 Å². The van der Waals surface area contributed by atoms with Crippen LogP contribution in [0.25, 0.3) is 11.1 Å². The molecular weight excluding hydrogens is 438 g/mol. The molecule has 178 valence electrons. The number of aromatic hydroxyl groups is 1. The zero-order valence-electron chi connectivity index (χ0n) is 19.4. The quantitative estimate of drug-likeness (QED) is 0.557. The second kappa shape index (κ2) is 9.74. The molecule has 0 bridgehead atoms. The third-order valence-electron chi connectivity index (χ3n) is 4.82. The predicted molar refractivity (Wildman–Crippen MR) is 125 cm³/mol. The van der Waals surface area contributed by atoms with Crippen LogP contribution in [0.15, 0.2) is 64.7 Å². The second-order valence-corrected chi connectivity index (χ2v) is 8.93. The smallest absolute Gasteiger partial charge is 0.335 e. The molecule has 10 nitrogen and oxygen atoms in total. The fraction of sp³-hybridized carbons (Fsp3) is 0.292. The summed E-state index contributed by atoms with van der Waals surface area (Å²) < 4.78 is 0. The van der Waals surface area contributed by atoms with Gasteiger partial charge in [0.1, 0.15) is 5.69 Å². The highest BCUT2D eigenvalue weighted by atomic mass is 16.4. The van der Waals surface area contributed by atoms with Gasteiger partial charge >= 0.3 is 5.97 Å². The number of phenols is 1. The second-order valence-electron chi connectivity index (χ2n) is 8.93. The number of hydrogen-bond donors (Lipinski definition) is 3. The van der Waals surface area contributed by atoms with Crippen LogP contribution in [0.4, 0.5) is 5.69 Å². The molecule has 1 aliphatic rings. The van der Waals surface area contributed by atoms with E-state index in [1.807, 2.05) is 20.8 Å². The number of allylic oxidation sites excluding steroid dienone is 1. The molecule has 1 aliphatic heterocycles. The van der Waals surface area contributed by atoms with Crippen molar-refractivity contribution in [1.29, 1.82) is 0 Å². The lowest BCUT2D eigenvalue weighted by Gasteiger charge is -2.30. The van der Waals surface area contributed by atoms with Gasteiger partial charge in [0, 0.05) is 17.3 Å². The van der Waals surface area contributed by atoms with Crippen LogP contribution in [0.3, 0.4) is 0 Å². The molecule has 0 radical (unpaired) electrons. The predicted octanol–water partition coefficient (Wildman–Crippen LogP) is 3.68. The maximum atomic E-state index is 12.6. The van der Waals surface area contributed by atoms with Crippen LogP contribution in [-0.2, 0) is 9.59 Å². The van der Waals surface area contributed by atoms with E-state index in [0.717, 1.165) is 5.01 Å². The fourth-order valence-corrected chi connectivity index (χ4v) is 3.42. The number of para-hydroxylation sites is 1. The van der Waals surface area contributed by atoms with Crippen molar-refractivity contribution in [3.63, 3.8) is 0 Å². The maximum Gasteiger partial charge on any atom is 0.335 e. The first kappa shape index (κ1) is 24.4. The number of phenolic OH excluding ortho intramolecular Hbond substituents is 1. The molecule has 2 aromatic carbocycles. The minimum atomic E-state index is -1.08. The Balaban J connectivity index is 1.79. The molecule has 2 amide bonds. The van der Waals surface area contributed by atoms with Crippen molar-refractivity contribution in [1.82, 2.24) is 15.2 Å². The number of nitrogens with one attached hydrogen (secondary N) is 1. The summed E-state index contributed by atoms with van der Waals surface area (Å²) in [6.07, 6.45) is 1.65. The first-order valence-electron chi connectivity index (χ1n) is 10.6. The summed E-state index contributed by atoms with van der Waals surface area (Å²) in [5, 5.41) is 31.9. The normalized spacial score (nSPS) is 14.4. The van der Waals surface area contributed by atoms with Crippen molar-refractivity contribution in [2.45, 2.75) is 33.2 Å². The molecule has 10 heteroatoms. The Morgan fingerprint density at radius 2 is 1.85 bits per heavy atom. The van der Waals surface area contributed by atoms with Gasteiger partial charge in [-0.25, -0.2) is 4.79 Å². The number of carbonyl (C=O) groups excluding carboxylic acids is 2. The summed E-state index contributed by atoms with van der Waals surface area (Å²) in [4.78, 5) is 37.6. The molecule has 0 aliphatic carbocycles. The van der Waals surface area contributed by atoms with E-state index in [4.69, 9.17) is 0 Å². The van der Waals surface area contributed by atoms with Gasteiger partial charge in [-0.15, -0.1) is 5.11 Å². The Morgan fingerprint density at radius 3 is 2.50 bits per heavy atom. The minimum Gasteiger partial charge on any atom is -0.505 e. The van der Waals surface area contributed by atoms with Crippen LogP contribution in [0.2, 0.25) is 0 Å². The van der Waals surface area contributed by atoms with Gasteiger partial charge in [-0.05, 0) is 51.5 Å². The molecule has 0 spiro atoms. The SMILES string of the molecule is CC1=CN(CC(=O)NC(C)(C)C)CC(=O)N1N=Nc1cccc(-c2cccc(C(=O)O)c2)c1O. The van der Waals surface area contributed by atoms with Gasteiger partial charge in [-0.2, -0.15) is 5.01 Å². The molecule has 0 saturated carbocycles. The molecule has 0 unspecified atom stereocenters. The number of carbonyl (C=O) groups is 3. The van der Waals surface area contributed by atoms with E-state index >= 15 is 0 Å². The van der Waals surface area contributed by atoms with E-state index in [9.17, 15) is 24.6 Å². The van der Waals surface area contributed by atoms with Crippen molar-refractivity contribution in [2.24, 2.45) is 10.3 Å². The number of aromatic carboxylic acids is 1. The van der Waals surface area contributed by atoms with Crippen LogP contribution in [0, 0.1) is 0 Å². The third kappa shape index (κ3) is 5.97. The highest BCUT2D eigenvalue weighted by molar-refractivity contribution is 5.90. The van der Waals surface area contributed by atoms with Crippen molar-refractivity contribution < 1.29 is 24.6 Å². The van der Waals surface area contributed by atoms with E-state index in [1.165, 1.54) is 18.2 Å². The van der Waals surface area contributed by atoms with E-state index in [-0.39, 0.29) is 47.4 Å². The van der Waals surface area contributed by atoms with E-state index in [1.54, 1.807) is 42.3 Å². The minimum absolute atomic E-state index is 0.0313. The first-order chi connectivity index (χ1) is 15.9. The van der Waals surface area contributed by atoms with E-state index in [0.29, 0.717) is 16.8 Å². The zero-order chi connectivity index (χ0) is 25.0. The van der Waals surface area contributed by atoms with Crippen molar-refractivity contribution >= 4 is 23.5 Å². The van der Waals surface area contributed by atoms with Gasteiger partial charge in [-0.1, -0.05) is 29.5 Å². The summed E-state index contributed by atoms with van der Waals surface area (Å²) in [6, 6.07) is 11.0. The molecule has 0 fully saturated rings. The lowest BCUT2D eigenvalue weighted by atomic mass is 10.0. The Labute approximate surface area is 197 Å². The third-order valence-corrected chi connectivity index (χ3v) is 4.82. The highest BCUT2D eigenvalue weighted by Crippen LogP contribution is 2.37. The Morgan fingerprint density at radius 1 is 1.15 bits per heavy atom. The summed E-state index contributed by atoms with van der Waals surface area (Å²) in [5.41, 5.74) is 1.18. The van der Waals surface area contributed by atoms with Crippen LogP contribution >= 0.6 is 0 Å². The fourth-order valence-electron chi connectivity index (χ4n) is 3.42. The molecule has 1 heterocycles. The Kier molecular flexibility index (Phi) is 7.00. The molecular formula is C24H27N5O5. The average Bonchev–Trinajstić information content (AvgIpc) is 2.73. The van der Waals surface area contributed by atoms with Gasteiger partial charge in [0.15, 0.2) is 5.75 Å². The Hall–Kier alpha value is -4.21. The summed E-state index contributed by atoms with van der Waals surface area (Å²) in [5.74, 6) is -1.85. The highest BCUT2D eigenvalue weighted by Gasteiger charge is 2.26. The van der Waals surface area contributed by atoms with Crippen LogP contribution in [0.5, 0.6) is 5.75 Å². The lowest BCUT2D eigenvalue weighted by molar-refractivity contribution is -0.132. The largest absolute Gasteiger partial charge is 0.505 e. The van der Waals surface area contributed by atoms with Crippen molar-refractivity contribution in [3.05, 3.63) is 59.9 Å².